The van der Waals surface area contributed by atoms with Gasteiger partial charge in [0.05, 0.1) is 7.11 Å². The Kier molecular flexibility index (Phi) is 2.51. The van der Waals surface area contributed by atoms with E-state index in [9.17, 15) is 0 Å². The molecule has 0 atom stereocenters. The lowest BCUT2D eigenvalue weighted by molar-refractivity contribution is 0.414. The number of ether oxygens (including phenoxy) is 1. The standard InChI is InChI=1S/C17H11BrO2/c1-19-12-4-6-14-16(9-12)20-15-7-2-10-8-11(18)3-5-13(10)17(14)15/h2-9H,1H3. The molecule has 0 aliphatic carbocycles. The van der Waals surface area contributed by atoms with Gasteiger partial charge in [-0.25, -0.2) is 0 Å². The Morgan fingerprint density at radius 2 is 1.75 bits per heavy atom. The minimum Gasteiger partial charge on any atom is -0.497 e. The summed E-state index contributed by atoms with van der Waals surface area (Å²) in [5, 5.41) is 4.68. The van der Waals surface area contributed by atoms with Crippen LogP contribution in [-0.4, -0.2) is 7.11 Å². The van der Waals surface area contributed by atoms with Crippen LogP contribution in [0.25, 0.3) is 32.7 Å². The van der Waals surface area contributed by atoms with Crippen molar-refractivity contribution in [3.63, 3.8) is 0 Å². The van der Waals surface area contributed by atoms with Crippen LogP contribution >= 0.6 is 15.9 Å². The van der Waals surface area contributed by atoms with E-state index in [0.29, 0.717) is 0 Å². The number of hydrogen-bond acceptors (Lipinski definition) is 2. The van der Waals surface area contributed by atoms with Crippen LogP contribution < -0.4 is 4.74 Å². The first kappa shape index (κ1) is 11.8. The van der Waals surface area contributed by atoms with Crippen LogP contribution in [-0.2, 0) is 0 Å². The van der Waals surface area contributed by atoms with Crippen molar-refractivity contribution in [3.05, 3.63) is 53.0 Å². The van der Waals surface area contributed by atoms with Crippen molar-refractivity contribution in [3.8, 4) is 5.75 Å². The van der Waals surface area contributed by atoms with Crippen LogP contribution in [0.15, 0.2) is 57.4 Å². The van der Waals surface area contributed by atoms with E-state index in [1.807, 2.05) is 18.2 Å². The highest BCUT2D eigenvalue weighted by molar-refractivity contribution is 9.10. The summed E-state index contributed by atoms with van der Waals surface area (Å²) in [5.41, 5.74) is 1.76. The van der Waals surface area contributed by atoms with E-state index in [1.165, 1.54) is 10.8 Å². The number of benzene rings is 3. The fraction of sp³-hybridized carbons (Fsp3) is 0.0588. The van der Waals surface area contributed by atoms with E-state index in [1.54, 1.807) is 7.11 Å². The summed E-state index contributed by atoms with van der Waals surface area (Å²) in [6, 6.07) is 16.4. The summed E-state index contributed by atoms with van der Waals surface area (Å²) in [7, 11) is 1.66. The van der Waals surface area contributed by atoms with Gasteiger partial charge in [-0.15, -0.1) is 0 Å². The smallest absolute Gasteiger partial charge is 0.139 e. The lowest BCUT2D eigenvalue weighted by Gasteiger charge is -2.00. The average molecular weight is 327 g/mol. The van der Waals surface area contributed by atoms with Gasteiger partial charge in [0.2, 0.25) is 0 Å². The molecule has 0 amide bonds. The molecule has 0 spiro atoms. The molecule has 0 fully saturated rings. The van der Waals surface area contributed by atoms with Crippen molar-refractivity contribution in [2.75, 3.05) is 7.11 Å². The van der Waals surface area contributed by atoms with Crippen molar-refractivity contribution < 1.29 is 9.15 Å². The maximum Gasteiger partial charge on any atom is 0.139 e. The van der Waals surface area contributed by atoms with Crippen LogP contribution in [0.2, 0.25) is 0 Å². The van der Waals surface area contributed by atoms with E-state index in [2.05, 4.69) is 46.3 Å². The van der Waals surface area contributed by atoms with Gasteiger partial charge in [-0.05, 0) is 41.1 Å². The van der Waals surface area contributed by atoms with E-state index in [4.69, 9.17) is 9.15 Å². The predicted molar refractivity (Wildman–Crippen MR) is 85.5 cm³/mol. The first-order valence-corrected chi connectivity index (χ1v) is 7.14. The SMILES string of the molecule is COc1ccc2c(c1)oc1ccc3cc(Br)ccc3c12. The second-order valence-corrected chi connectivity index (χ2v) is 5.68. The summed E-state index contributed by atoms with van der Waals surface area (Å²) in [6.45, 7) is 0. The van der Waals surface area contributed by atoms with Gasteiger partial charge < -0.3 is 9.15 Å². The normalized spacial score (nSPS) is 11.5. The van der Waals surface area contributed by atoms with E-state index in [0.717, 1.165) is 32.2 Å². The molecule has 0 saturated heterocycles. The van der Waals surface area contributed by atoms with Crippen molar-refractivity contribution in [1.29, 1.82) is 0 Å². The maximum atomic E-state index is 5.94. The quantitative estimate of drug-likeness (QED) is 0.460. The third-order valence-electron chi connectivity index (χ3n) is 3.62. The van der Waals surface area contributed by atoms with Gasteiger partial charge >= 0.3 is 0 Å². The zero-order valence-corrected chi connectivity index (χ0v) is 12.4. The number of hydrogen-bond donors (Lipinski definition) is 0. The van der Waals surface area contributed by atoms with Crippen LogP contribution in [0.1, 0.15) is 0 Å². The molecule has 0 aliphatic heterocycles. The highest BCUT2D eigenvalue weighted by Gasteiger charge is 2.11. The van der Waals surface area contributed by atoms with E-state index >= 15 is 0 Å². The Bertz CT molecular complexity index is 953. The fourth-order valence-electron chi connectivity index (χ4n) is 2.68. The molecule has 0 saturated carbocycles. The second-order valence-electron chi connectivity index (χ2n) is 4.77. The summed E-state index contributed by atoms with van der Waals surface area (Å²) in [6.07, 6.45) is 0. The Hall–Kier alpha value is -2.00. The van der Waals surface area contributed by atoms with Crippen molar-refractivity contribution in [1.82, 2.24) is 0 Å². The summed E-state index contributed by atoms with van der Waals surface area (Å²) < 4.78 is 12.3. The molecular weight excluding hydrogens is 316 g/mol. The van der Waals surface area contributed by atoms with Gasteiger partial charge in [0.25, 0.3) is 0 Å². The molecule has 98 valence electrons. The molecule has 1 aromatic heterocycles. The van der Waals surface area contributed by atoms with Crippen LogP contribution in [0.5, 0.6) is 5.75 Å². The molecule has 4 aromatic rings. The Balaban J connectivity index is 2.20. The van der Waals surface area contributed by atoms with Gasteiger partial charge in [0, 0.05) is 21.3 Å². The molecule has 4 rings (SSSR count). The number of fused-ring (bicyclic) bond motifs is 5. The molecule has 0 radical (unpaired) electrons. The zero-order valence-electron chi connectivity index (χ0n) is 10.8. The Labute approximate surface area is 124 Å². The molecule has 1 heterocycles. The molecule has 3 aromatic carbocycles. The summed E-state index contributed by atoms with van der Waals surface area (Å²) >= 11 is 3.52. The molecule has 3 heteroatoms. The lowest BCUT2D eigenvalue weighted by Crippen LogP contribution is -1.80. The predicted octanol–water partition coefficient (Wildman–Crippen LogP) is 5.51. The van der Waals surface area contributed by atoms with Crippen molar-refractivity contribution >= 4 is 48.6 Å². The zero-order chi connectivity index (χ0) is 13.7. The number of halogens is 1. The summed E-state index contributed by atoms with van der Waals surface area (Å²) in [4.78, 5) is 0. The van der Waals surface area contributed by atoms with Gasteiger partial charge in [-0.1, -0.05) is 28.1 Å². The van der Waals surface area contributed by atoms with Crippen molar-refractivity contribution in [2.24, 2.45) is 0 Å². The third-order valence-corrected chi connectivity index (χ3v) is 4.11. The second kappa shape index (κ2) is 4.25. The molecule has 2 nitrogen and oxygen atoms in total. The first-order valence-electron chi connectivity index (χ1n) is 6.35. The average Bonchev–Trinajstić information content (AvgIpc) is 2.84. The molecule has 0 bridgehead atoms. The number of furan rings is 1. The van der Waals surface area contributed by atoms with Gasteiger partial charge in [0.1, 0.15) is 16.9 Å². The maximum absolute atomic E-state index is 5.94. The topological polar surface area (TPSA) is 22.4 Å². The minimum atomic E-state index is 0.809. The lowest BCUT2D eigenvalue weighted by atomic mass is 10.0. The molecular formula is C17H11BrO2. The third kappa shape index (κ3) is 1.63. The molecule has 20 heavy (non-hydrogen) atoms. The van der Waals surface area contributed by atoms with Crippen LogP contribution in [0.4, 0.5) is 0 Å². The highest BCUT2D eigenvalue weighted by atomic mass is 79.9. The Morgan fingerprint density at radius 1 is 0.900 bits per heavy atom. The largest absolute Gasteiger partial charge is 0.497 e. The van der Waals surface area contributed by atoms with Gasteiger partial charge in [0.15, 0.2) is 0 Å². The summed E-state index contributed by atoms with van der Waals surface area (Å²) in [5.74, 6) is 0.809. The monoisotopic (exact) mass is 326 g/mol. The van der Waals surface area contributed by atoms with Crippen molar-refractivity contribution in [2.45, 2.75) is 0 Å². The minimum absolute atomic E-state index is 0.809. The molecule has 0 N–H and O–H groups in total. The van der Waals surface area contributed by atoms with E-state index in [-0.39, 0.29) is 0 Å². The van der Waals surface area contributed by atoms with Crippen LogP contribution in [0.3, 0.4) is 0 Å². The Morgan fingerprint density at radius 3 is 2.60 bits per heavy atom. The van der Waals surface area contributed by atoms with Gasteiger partial charge in [-0.2, -0.15) is 0 Å². The molecule has 0 aliphatic rings. The highest BCUT2D eigenvalue weighted by Crippen LogP contribution is 2.36. The first-order chi connectivity index (χ1) is 9.76. The van der Waals surface area contributed by atoms with Crippen LogP contribution in [0, 0.1) is 0 Å². The number of rotatable bonds is 1. The fourth-order valence-corrected chi connectivity index (χ4v) is 3.06. The molecule has 0 unspecified atom stereocenters. The number of methoxy groups -OCH3 is 1. The van der Waals surface area contributed by atoms with Gasteiger partial charge in [-0.3, -0.25) is 0 Å². The van der Waals surface area contributed by atoms with E-state index < -0.39 is 0 Å².